The van der Waals surface area contributed by atoms with Gasteiger partial charge in [-0.05, 0) is 37.3 Å². The average Bonchev–Trinajstić information content (AvgIpc) is 3.44. The summed E-state index contributed by atoms with van der Waals surface area (Å²) >= 11 is 7.60. The van der Waals surface area contributed by atoms with Gasteiger partial charge in [0.25, 0.3) is 5.91 Å². The normalized spacial score (nSPS) is 11.0. The molecular formula is C20H17ClN4O3S. The van der Waals surface area contributed by atoms with Gasteiger partial charge in [0.05, 0.1) is 40.6 Å². The first-order valence-electron chi connectivity index (χ1n) is 8.84. The van der Waals surface area contributed by atoms with E-state index < -0.39 is 0 Å². The molecule has 0 spiro atoms. The zero-order chi connectivity index (χ0) is 20.4. The third-order valence-corrected chi connectivity index (χ3v) is 5.73. The molecule has 0 aliphatic rings. The molecule has 0 atom stereocenters. The summed E-state index contributed by atoms with van der Waals surface area (Å²) in [6, 6.07) is 12.7. The Morgan fingerprint density at radius 2 is 2.03 bits per heavy atom. The molecule has 29 heavy (non-hydrogen) atoms. The van der Waals surface area contributed by atoms with E-state index in [4.69, 9.17) is 16.0 Å². The number of rotatable bonds is 6. The Kier molecular flexibility index (Phi) is 5.37. The largest absolute Gasteiger partial charge is 0.467 e. The predicted molar refractivity (Wildman–Crippen MR) is 112 cm³/mol. The number of carbonyl (C=O) groups excluding carboxylic acids is 2. The molecule has 2 amide bonds. The number of thiophene rings is 1. The summed E-state index contributed by atoms with van der Waals surface area (Å²) < 4.78 is 6.89. The molecule has 0 aliphatic carbocycles. The van der Waals surface area contributed by atoms with E-state index in [1.165, 1.54) is 17.6 Å². The molecule has 2 N–H and O–H groups in total. The number of aryl methyl sites for hydroxylation is 1. The van der Waals surface area contributed by atoms with Crippen LogP contribution in [0.25, 0.3) is 15.9 Å². The van der Waals surface area contributed by atoms with Crippen LogP contribution in [-0.4, -0.2) is 28.1 Å². The van der Waals surface area contributed by atoms with Crippen molar-refractivity contribution in [1.29, 1.82) is 0 Å². The van der Waals surface area contributed by atoms with Crippen molar-refractivity contribution in [3.8, 4) is 5.69 Å². The van der Waals surface area contributed by atoms with Crippen molar-refractivity contribution in [2.75, 3.05) is 6.54 Å². The summed E-state index contributed by atoms with van der Waals surface area (Å²) in [5, 5.41) is 11.3. The molecule has 0 bridgehead atoms. The molecule has 7 nitrogen and oxygen atoms in total. The van der Waals surface area contributed by atoms with Crippen molar-refractivity contribution in [2.24, 2.45) is 0 Å². The zero-order valence-corrected chi connectivity index (χ0v) is 17.0. The van der Waals surface area contributed by atoms with Crippen molar-refractivity contribution in [3.05, 3.63) is 70.1 Å². The Labute approximate surface area is 175 Å². The number of furan rings is 1. The Bertz CT molecular complexity index is 1180. The number of carbonyl (C=O) groups is 2. The lowest BCUT2D eigenvalue weighted by Crippen LogP contribution is -2.36. The van der Waals surface area contributed by atoms with E-state index in [1.54, 1.807) is 28.9 Å². The highest BCUT2D eigenvalue weighted by molar-refractivity contribution is 7.20. The lowest BCUT2D eigenvalue weighted by atomic mass is 10.3. The highest BCUT2D eigenvalue weighted by Crippen LogP contribution is 2.32. The SMILES string of the molecule is Cc1nn(-c2ccccc2Cl)c2sc(C(=O)NCC(=O)NCc3ccco3)cc12. The summed E-state index contributed by atoms with van der Waals surface area (Å²) in [6.45, 7) is 2.03. The van der Waals surface area contributed by atoms with Gasteiger partial charge in [-0.1, -0.05) is 23.7 Å². The summed E-state index contributed by atoms with van der Waals surface area (Å²) in [5.41, 5.74) is 1.55. The van der Waals surface area contributed by atoms with Crippen LogP contribution in [0.15, 0.2) is 53.1 Å². The number of nitrogens with zero attached hydrogens (tertiary/aromatic N) is 2. The molecule has 0 fully saturated rings. The van der Waals surface area contributed by atoms with Crippen molar-refractivity contribution < 1.29 is 14.0 Å². The number of hydrogen-bond acceptors (Lipinski definition) is 5. The van der Waals surface area contributed by atoms with Crippen LogP contribution >= 0.6 is 22.9 Å². The van der Waals surface area contributed by atoms with E-state index >= 15 is 0 Å². The number of aromatic nitrogens is 2. The minimum absolute atomic E-state index is 0.122. The van der Waals surface area contributed by atoms with Gasteiger partial charge in [0.1, 0.15) is 10.6 Å². The number of halogens is 1. The van der Waals surface area contributed by atoms with Gasteiger partial charge < -0.3 is 15.1 Å². The maximum atomic E-state index is 12.5. The molecule has 0 saturated carbocycles. The van der Waals surface area contributed by atoms with Crippen LogP contribution in [-0.2, 0) is 11.3 Å². The smallest absolute Gasteiger partial charge is 0.261 e. The first kappa shape index (κ1) is 19.2. The second kappa shape index (κ2) is 8.10. The van der Waals surface area contributed by atoms with Crippen LogP contribution in [0.2, 0.25) is 5.02 Å². The van der Waals surface area contributed by atoms with Gasteiger partial charge in [0, 0.05) is 5.39 Å². The minimum atomic E-state index is -0.315. The van der Waals surface area contributed by atoms with Crippen molar-refractivity contribution in [1.82, 2.24) is 20.4 Å². The van der Waals surface area contributed by atoms with Crippen molar-refractivity contribution >= 4 is 45.0 Å². The lowest BCUT2D eigenvalue weighted by Gasteiger charge is -2.05. The van der Waals surface area contributed by atoms with Gasteiger partial charge in [-0.15, -0.1) is 11.3 Å². The fraction of sp³-hybridized carbons (Fsp3) is 0.150. The molecule has 4 aromatic rings. The van der Waals surface area contributed by atoms with Gasteiger partial charge in [-0.3, -0.25) is 9.59 Å². The van der Waals surface area contributed by atoms with E-state index in [-0.39, 0.29) is 24.9 Å². The zero-order valence-electron chi connectivity index (χ0n) is 15.4. The standard InChI is InChI=1S/C20H17ClN4O3S/c1-12-14-9-17(19(27)23-11-18(26)22-10-13-5-4-8-28-13)29-20(14)25(24-12)16-7-3-2-6-15(16)21/h2-9H,10-11H2,1H3,(H,22,26)(H,23,27). The highest BCUT2D eigenvalue weighted by atomic mass is 35.5. The second-order valence-electron chi connectivity index (χ2n) is 6.32. The first-order chi connectivity index (χ1) is 14.0. The second-order valence-corrected chi connectivity index (χ2v) is 7.75. The van der Waals surface area contributed by atoms with Gasteiger partial charge in [-0.2, -0.15) is 5.10 Å². The maximum Gasteiger partial charge on any atom is 0.261 e. The van der Waals surface area contributed by atoms with E-state index in [0.29, 0.717) is 15.7 Å². The number of benzene rings is 1. The van der Waals surface area contributed by atoms with Crippen LogP contribution in [0.4, 0.5) is 0 Å². The fourth-order valence-corrected chi connectivity index (χ4v) is 4.16. The third kappa shape index (κ3) is 4.03. The van der Waals surface area contributed by atoms with Crippen LogP contribution < -0.4 is 10.6 Å². The quantitative estimate of drug-likeness (QED) is 0.490. The molecule has 0 aliphatic heterocycles. The number of para-hydroxylation sites is 1. The predicted octanol–water partition coefficient (Wildman–Crippen LogP) is 3.69. The molecule has 0 radical (unpaired) electrons. The van der Waals surface area contributed by atoms with E-state index in [2.05, 4.69) is 15.7 Å². The summed E-state index contributed by atoms with van der Waals surface area (Å²) in [4.78, 5) is 25.8. The van der Waals surface area contributed by atoms with E-state index in [9.17, 15) is 9.59 Å². The van der Waals surface area contributed by atoms with Gasteiger partial charge in [0.2, 0.25) is 5.91 Å². The lowest BCUT2D eigenvalue weighted by molar-refractivity contribution is -0.120. The molecule has 148 valence electrons. The number of fused-ring (bicyclic) bond motifs is 1. The highest BCUT2D eigenvalue weighted by Gasteiger charge is 2.18. The van der Waals surface area contributed by atoms with Gasteiger partial charge in [-0.25, -0.2) is 4.68 Å². The van der Waals surface area contributed by atoms with Crippen LogP contribution in [0, 0.1) is 6.92 Å². The molecule has 1 aromatic carbocycles. The monoisotopic (exact) mass is 428 g/mol. The van der Waals surface area contributed by atoms with Crippen molar-refractivity contribution in [2.45, 2.75) is 13.5 Å². The van der Waals surface area contributed by atoms with Crippen LogP contribution in [0.1, 0.15) is 21.1 Å². The molecule has 4 rings (SSSR count). The number of nitrogens with one attached hydrogen (secondary N) is 2. The third-order valence-electron chi connectivity index (χ3n) is 4.30. The summed E-state index contributed by atoms with van der Waals surface area (Å²) in [5.74, 6) is 0.0347. The first-order valence-corrected chi connectivity index (χ1v) is 10.0. The Morgan fingerprint density at radius 3 is 2.79 bits per heavy atom. The fourth-order valence-electron chi connectivity index (χ4n) is 2.85. The van der Waals surface area contributed by atoms with Crippen LogP contribution in [0.3, 0.4) is 0 Å². The molecule has 3 heterocycles. The minimum Gasteiger partial charge on any atom is -0.467 e. The summed E-state index contributed by atoms with van der Waals surface area (Å²) in [7, 11) is 0. The van der Waals surface area contributed by atoms with E-state index in [0.717, 1.165) is 21.6 Å². The maximum absolute atomic E-state index is 12.5. The molecule has 0 saturated heterocycles. The molecular weight excluding hydrogens is 412 g/mol. The summed E-state index contributed by atoms with van der Waals surface area (Å²) in [6.07, 6.45) is 1.54. The Balaban J connectivity index is 1.46. The molecule has 3 aromatic heterocycles. The van der Waals surface area contributed by atoms with Gasteiger partial charge >= 0.3 is 0 Å². The van der Waals surface area contributed by atoms with E-state index in [1.807, 2.05) is 25.1 Å². The Hall–Kier alpha value is -3.10. The molecule has 0 unspecified atom stereocenters. The number of hydrogen-bond donors (Lipinski definition) is 2. The average molecular weight is 429 g/mol. The van der Waals surface area contributed by atoms with Crippen LogP contribution in [0.5, 0.6) is 0 Å². The van der Waals surface area contributed by atoms with Gasteiger partial charge in [0.15, 0.2) is 0 Å². The molecule has 9 heteroatoms. The number of amides is 2. The van der Waals surface area contributed by atoms with Crippen molar-refractivity contribution in [3.63, 3.8) is 0 Å². The topological polar surface area (TPSA) is 89.2 Å². The Morgan fingerprint density at radius 1 is 1.21 bits per heavy atom.